The molecule has 6 heteroatoms. The van der Waals surface area contributed by atoms with Crippen molar-refractivity contribution in [3.8, 4) is 5.75 Å². The van der Waals surface area contributed by atoms with Crippen molar-refractivity contribution in [2.45, 2.75) is 0 Å². The summed E-state index contributed by atoms with van der Waals surface area (Å²) < 4.78 is 0.669. The molecule has 2 N–H and O–H groups in total. The van der Waals surface area contributed by atoms with Crippen LogP contribution in [0.15, 0.2) is 53.6 Å². The van der Waals surface area contributed by atoms with Crippen molar-refractivity contribution in [2.24, 2.45) is 5.10 Å². The van der Waals surface area contributed by atoms with Gasteiger partial charge in [0.05, 0.1) is 6.21 Å². The Hall–Kier alpha value is -3.02. The van der Waals surface area contributed by atoms with Crippen molar-refractivity contribution >= 4 is 17.8 Å². The molecule has 0 unspecified atom stereocenters. The Morgan fingerprint density at radius 2 is 2.00 bits per heavy atom. The normalized spacial score (nSPS) is 10.5. The first-order valence-electron chi connectivity index (χ1n) is 6.20. The SMILES string of the molecule is C[N+](=O)c1cccc(C(=O)N/N=C/c2ccccc2O)c1. The smallest absolute Gasteiger partial charge is 0.271 e. The van der Waals surface area contributed by atoms with Crippen molar-refractivity contribution in [3.05, 3.63) is 64.6 Å². The molecule has 2 rings (SSSR count). The second kappa shape index (κ2) is 6.42. The maximum atomic E-state index is 11.9. The standard InChI is InChI=1S/C15H13N3O3/c1-18(21)13-7-4-6-11(9-13)15(20)17-16-10-12-5-2-3-8-14(12)19/h2-10H,1H3,(H-,16,17,19,20)/p+1. The monoisotopic (exact) mass is 284 g/mol. The number of carbonyl (C=O) groups excluding carboxylic acids is 1. The largest absolute Gasteiger partial charge is 0.507 e. The van der Waals surface area contributed by atoms with Crippen LogP contribution in [-0.2, 0) is 0 Å². The first-order valence-corrected chi connectivity index (χ1v) is 6.20. The Morgan fingerprint density at radius 1 is 1.24 bits per heavy atom. The molecule has 0 fully saturated rings. The number of carbonyl (C=O) groups is 1. The minimum atomic E-state index is -0.439. The number of amides is 1. The minimum Gasteiger partial charge on any atom is -0.507 e. The van der Waals surface area contributed by atoms with E-state index < -0.39 is 5.91 Å². The number of para-hydroxylation sites is 1. The molecule has 0 spiro atoms. The van der Waals surface area contributed by atoms with Crippen molar-refractivity contribution in [1.29, 1.82) is 0 Å². The first kappa shape index (κ1) is 14.4. The van der Waals surface area contributed by atoms with Crippen LogP contribution in [0.3, 0.4) is 0 Å². The Bertz CT molecular complexity index is 711. The van der Waals surface area contributed by atoms with Crippen LogP contribution in [0.5, 0.6) is 5.75 Å². The molecule has 0 heterocycles. The number of nitrogens with zero attached hydrogens (tertiary/aromatic N) is 2. The number of hydrazone groups is 1. The van der Waals surface area contributed by atoms with Gasteiger partial charge in [0.1, 0.15) is 5.75 Å². The van der Waals surface area contributed by atoms with Gasteiger partial charge in [-0.15, -0.1) is 0 Å². The molecule has 6 nitrogen and oxygen atoms in total. The fourth-order valence-electron chi connectivity index (χ4n) is 1.66. The predicted octanol–water partition coefficient (Wildman–Crippen LogP) is 2.20. The summed E-state index contributed by atoms with van der Waals surface area (Å²) in [6, 6.07) is 12.9. The number of phenolic OH excluding ortho intramolecular Hbond substituents is 1. The molecule has 0 atom stereocenters. The quantitative estimate of drug-likeness (QED) is 0.513. The van der Waals surface area contributed by atoms with E-state index in [9.17, 15) is 14.8 Å². The number of aromatic hydroxyl groups is 1. The Kier molecular flexibility index (Phi) is 4.40. The molecule has 2 aromatic rings. The average molecular weight is 284 g/mol. The van der Waals surface area contributed by atoms with Gasteiger partial charge < -0.3 is 5.11 Å². The van der Waals surface area contributed by atoms with Crippen LogP contribution in [0.25, 0.3) is 0 Å². The van der Waals surface area contributed by atoms with Crippen molar-refractivity contribution in [1.82, 2.24) is 5.43 Å². The predicted molar refractivity (Wildman–Crippen MR) is 78.8 cm³/mol. The highest BCUT2D eigenvalue weighted by atomic mass is 16.3. The molecular weight excluding hydrogens is 270 g/mol. The van der Waals surface area contributed by atoms with Crippen LogP contribution >= 0.6 is 0 Å². The number of hydrogen-bond acceptors (Lipinski definition) is 4. The molecule has 1 amide bonds. The third-order valence-corrected chi connectivity index (χ3v) is 2.78. The fraction of sp³-hybridized carbons (Fsp3) is 0.0667. The van der Waals surface area contributed by atoms with Gasteiger partial charge in [0.25, 0.3) is 11.6 Å². The lowest BCUT2D eigenvalue weighted by atomic mass is 10.2. The molecule has 106 valence electrons. The van der Waals surface area contributed by atoms with Crippen molar-refractivity contribution in [3.63, 3.8) is 0 Å². The Morgan fingerprint density at radius 3 is 2.71 bits per heavy atom. The zero-order chi connectivity index (χ0) is 15.2. The summed E-state index contributed by atoms with van der Waals surface area (Å²) in [6.45, 7) is 0. The Labute approximate surface area is 121 Å². The molecule has 0 saturated heterocycles. The Balaban J connectivity index is 2.07. The third kappa shape index (κ3) is 3.73. The zero-order valence-electron chi connectivity index (χ0n) is 11.4. The first-order chi connectivity index (χ1) is 10.1. The summed E-state index contributed by atoms with van der Waals surface area (Å²) in [7, 11) is 1.35. The lowest BCUT2D eigenvalue weighted by molar-refractivity contribution is -0.428. The lowest BCUT2D eigenvalue weighted by Crippen LogP contribution is -2.17. The van der Waals surface area contributed by atoms with Crippen LogP contribution in [-0.4, -0.2) is 29.0 Å². The zero-order valence-corrected chi connectivity index (χ0v) is 11.4. The van der Waals surface area contributed by atoms with E-state index in [4.69, 9.17) is 0 Å². The molecule has 0 aliphatic heterocycles. The van der Waals surface area contributed by atoms with Crippen LogP contribution in [0, 0.1) is 4.91 Å². The van der Waals surface area contributed by atoms with Gasteiger partial charge in [-0.25, -0.2) is 5.43 Å². The highest BCUT2D eigenvalue weighted by Crippen LogP contribution is 2.13. The molecule has 21 heavy (non-hydrogen) atoms. The van der Waals surface area contributed by atoms with Crippen LogP contribution < -0.4 is 5.43 Å². The summed E-state index contributed by atoms with van der Waals surface area (Å²) in [6.07, 6.45) is 1.34. The number of hydrogen-bond donors (Lipinski definition) is 2. The topological polar surface area (TPSA) is 81.8 Å². The average Bonchev–Trinajstić information content (AvgIpc) is 2.49. The number of rotatable bonds is 4. The van der Waals surface area contributed by atoms with Gasteiger partial charge >= 0.3 is 0 Å². The molecule has 0 radical (unpaired) electrons. The van der Waals surface area contributed by atoms with E-state index in [1.807, 2.05) is 0 Å². The second-order valence-corrected chi connectivity index (χ2v) is 4.31. The van der Waals surface area contributed by atoms with E-state index in [-0.39, 0.29) is 5.75 Å². The number of phenols is 1. The summed E-state index contributed by atoms with van der Waals surface area (Å²) in [5, 5.41) is 13.3. The summed E-state index contributed by atoms with van der Waals surface area (Å²) in [5.41, 5.74) is 3.54. The van der Waals surface area contributed by atoms with Crippen molar-refractivity contribution < 1.29 is 14.7 Å². The van der Waals surface area contributed by atoms with E-state index in [1.54, 1.807) is 36.4 Å². The fourth-order valence-corrected chi connectivity index (χ4v) is 1.66. The van der Waals surface area contributed by atoms with E-state index in [0.717, 1.165) is 0 Å². The molecule has 0 aliphatic rings. The molecule has 0 aliphatic carbocycles. The summed E-state index contributed by atoms with van der Waals surface area (Å²) >= 11 is 0. The van der Waals surface area contributed by atoms with Crippen molar-refractivity contribution in [2.75, 3.05) is 7.05 Å². The van der Waals surface area contributed by atoms with Gasteiger partial charge in [-0.2, -0.15) is 5.10 Å². The van der Waals surface area contributed by atoms with E-state index >= 15 is 0 Å². The minimum absolute atomic E-state index is 0.0745. The van der Waals surface area contributed by atoms with Gasteiger partial charge in [0.2, 0.25) is 0 Å². The molecular formula is C15H14N3O3+. The second-order valence-electron chi connectivity index (χ2n) is 4.31. The van der Waals surface area contributed by atoms with E-state index in [1.165, 1.54) is 25.4 Å². The molecule has 0 saturated carbocycles. The lowest BCUT2D eigenvalue weighted by Gasteiger charge is -2.00. The highest BCUT2D eigenvalue weighted by molar-refractivity contribution is 5.95. The van der Waals surface area contributed by atoms with Crippen LogP contribution in [0.4, 0.5) is 5.69 Å². The summed E-state index contributed by atoms with van der Waals surface area (Å²) in [5.74, 6) is -0.365. The van der Waals surface area contributed by atoms with Crippen LogP contribution in [0.1, 0.15) is 15.9 Å². The molecule has 0 aromatic heterocycles. The maximum absolute atomic E-state index is 11.9. The maximum Gasteiger partial charge on any atom is 0.271 e. The van der Waals surface area contributed by atoms with Gasteiger partial charge in [0.15, 0.2) is 7.05 Å². The molecule has 2 aromatic carbocycles. The number of benzene rings is 2. The summed E-state index contributed by atoms with van der Waals surface area (Å²) in [4.78, 5) is 23.1. The number of nitrogens with one attached hydrogen (secondary N) is 1. The van der Waals surface area contributed by atoms with Gasteiger partial charge in [-0.05, 0) is 18.2 Å². The van der Waals surface area contributed by atoms with Gasteiger partial charge in [-0.1, -0.05) is 18.2 Å². The van der Waals surface area contributed by atoms with Crippen LogP contribution in [0.2, 0.25) is 0 Å². The van der Waals surface area contributed by atoms with Gasteiger partial charge in [-0.3, -0.25) is 4.79 Å². The third-order valence-electron chi connectivity index (χ3n) is 2.78. The number of nitroso groups, excluding NO2 is 1. The highest BCUT2D eigenvalue weighted by Gasteiger charge is 2.11. The van der Waals surface area contributed by atoms with Gasteiger partial charge in [0, 0.05) is 32.9 Å². The van der Waals surface area contributed by atoms with E-state index in [0.29, 0.717) is 21.6 Å². The molecule has 0 bridgehead atoms. The van der Waals surface area contributed by atoms with E-state index in [2.05, 4.69) is 10.5 Å².